The van der Waals surface area contributed by atoms with Crippen LogP contribution in [0, 0.1) is 0 Å². The van der Waals surface area contributed by atoms with Gasteiger partial charge in [0.1, 0.15) is 5.75 Å². The van der Waals surface area contributed by atoms with Crippen molar-refractivity contribution in [2.45, 2.75) is 12.5 Å². The zero-order valence-corrected chi connectivity index (χ0v) is 13.0. The normalized spacial score (nSPS) is 17.0. The van der Waals surface area contributed by atoms with Gasteiger partial charge in [-0.15, -0.1) is 0 Å². The Kier molecular flexibility index (Phi) is 4.45. The fourth-order valence-corrected chi connectivity index (χ4v) is 2.47. The number of anilines is 4. The number of nitrogens with one attached hydrogen (secondary N) is 2. The molecular formula is C15H21N7O. The monoisotopic (exact) mass is 315 g/mol. The van der Waals surface area contributed by atoms with Crippen molar-refractivity contribution in [1.29, 1.82) is 0 Å². The molecule has 0 spiro atoms. The van der Waals surface area contributed by atoms with Crippen molar-refractivity contribution < 1.29 is 4.74 Å². The molecule has 1 atom stereocenters. The van der Waals surface area contributed by atoms with E-state index in [0.717, 1.165) is 30.9 Å². The van der Waals surface area contributed by atoms with Gasteiger partial charge in [0, 0.05) is 12.6 Å². The lowest BCUT2D eigenvalue weighted by Crippen LogP contribution is -2.28. The highest BCUT2D eigenvalue weighted by Gasteiger charge is 2.17. The Bertz CT molecular complexity index is 655. The van der Waals surface area contributed by atoms with Crippen LogP contribution in [0.3, 0.4) is 0 Å². The van der Waals surface area contributed by atoms with Crippen molar-refractivity contribution in [2.24, 2.45) is 5.84 Å². The number of rotatable bonds is 5. The number of ether oxygens (including phenoxy) is 1. The molecule has 0 amide bonds. The van der Waals surface area contributed by atoms with E-state index >= 15 is 0 Å². The van der Waals surface area contributed by atoms with Crippen LogP contribution in [0.4, 0.5) is 23.1 Å². The molecule has 2 heterocycles. The molecule has 8 nitrogen and oxygen atoms in total. The van der Waals surface area contributed by atoms with Crippen LogP contribution in [-0.4, -0.2) is 36.2 Å². The lowest BCUT2D eigenvalue weighted by molar-refractivity contribution is 0.415. The summed E-state index contributed by atoms with van der Waals surface area (Å²) >= 11 is 0. The number of benzene rings is 1. The van der Waals surface area contributed by atoms with Crippen molar-refractivity contribution in [3.63, 3.8) is 0 Å². The van der Waals surface area contributed by atoms with Crippen molar-refractivity contribution >= 4 is 23.1 Å². The average molecular weight is 315 g/mol. The fraction of sp³-hybridized carbons (Fsp3) is 0.333. The van der Waals surface area contributed by atoms with Crippen molar-refractivity contribution in [1.82, 2.24) is 15.3 Å². The Hall–Kier alpha value is -2.58. The largest absolute Gasteiger partial charge is 0.497 e. The van der Waals surface area contributed by atoms with Gasteiger partial charge in [0.25, 0.3) is 0 Å². The van der Waals surface area contributed by atoms with Gasteiger partial charge >= 0.3 is 0 Å². The molecule has 1 aliphatic rings. The molecule has 1 saturated heterocycles. The molecular weight excluding hydrogens is 294 g/mol. The third-order valence-corrected chi connectivity index (χ3v) is 3.77. The van der Waals surface area contributed by atoms with E-state index < -0.39 is 0 Å². The van der Waals surface area contributed by atoms with Gasteiger partial charge in [-0.1, -0.05) is 0 Å². The first-order valence-corrected chi connectivity index (χ1v) is 7.46. The fourth-order valence-electron chi connectivity index (χ4n) is 2.47. The highest BCUT2D eigenvalue weighted by molar-refractivity contribution is 5.70. The molecule has 8 heteroatoms. The number of nitrogen functional groups attached to an aromatic ring is 1. The second kappa shape index (κ2) is 6.67. The molecule has 0 saturated carbocycles. The number of aromatic nitrogens is 2. The van der Waals surface area contributed by atoms with E-state index in [1.54, 1.807) is 13.3 Å². The summed E-state index contributed by atoms with van der Waals surface area (Å²) in [6.45, 7) is 1.89. The minimum absolute atomic E-state index is 0.318. The van der Waals surface area contributed by atoms with E-state index in [1.807, 2.05) is 24.3 Å². The number of hydrogen-bond acceptors (Lipinski definition) is 8. The molecule has 122 valence electrons. The second-order valence-corrected chi connectivity index (χ2v) is 5.37. The Labute approximate surface area is 134 Å². The summed E-state index contributed by atoms with van der Waals surface area (Å²) in [5, 5.41) is 8.02. The smallest absolute Gasteiger partial charge is 0.225 e. The van der Waals surface area contributed by atoms with Crippen LogP contribution in [-0.2, 0) is 0 Å². The van der Waals surface area contributed by atoms with Gasteiger partial charge in [-0.25, -0.2) is 10.8 Å². The van der Waals surface area contributed by atoms with Gasteiger partial charge in [0.2, 0.25) is 5.95 Å². The summed E-state index contributed by atoms with van der Waals surface area (Å²) in [7, 11) is 1.62. The minimum Gasteiger partial charge on any atom is -0.497 e. The highest BCUT2D eigenvalue weighted by Crippen LogP contribution is 2.27. The van der Waals surface area contributed by atoms with E-state index in [9.17, 15) is 0 Å². The predicted molar refractivity (Wildman–Crippen MR) is 90.7 cm³/mol. The summed E-state index contributed by atoms with van der Waals surface area (Å²) < 4.78 is 5.15. The first-order valence-electron chi connectivity index (χ1n) is 7.46. The van der Waals surface area contributed by atoms with Crippen LogP contribution in [0.1, 0.15) is 6.42 Å². The molecule has 1 unspecified atom stereocenters. The standard InChI is InChI=1S/C15H21N7O/c1-23-12-4-2-11(3-5-12)22(17)14-13(16)9-19-15(21-14)20-10-6-7-18-8-10/h2-5,9-10,18H,6-8,16-17H2,1H3,(H,19,20,21). The van der Waals surface area contributed by atoms with Gasteiger partial charge < -0.3 is 21.1 Å². The molecule has 0 radical (unpaired) electrons. The topological polar surface area (TPSA) is 114 Å². The number of nitrogens with zero attached hydrogens (tertiary/aromatic N) is 3. The molecule has 1 aromatic heterocycles. The zero-order valence-electron chi connectivity index (χ0n) is 13.0. The Morgan fingerprint density at radius 2 is 2.13 bits per heavy atom. The third kappa shape index (κ3) is 3.43. The Morgan fingerprint density at radius 1 is 1.35 bits per heavy atom. The predicted octanol–water partition coefficient (Wildman–Crippen LogP) is 0.853. The number of methoxy groups -OCH3 is 1. The maximum absolute atomic E-state index is 6.17. The van der Waals surface area contributed by atoms with Crippen LogP contribution < -0.4 is 32.0 Å². The summed E-state index contributed by atoms with van der Waals surface area (Å²) in [6.07, 6.45) is 2.60. The van der Waals surface area contributed by atoms with Crippen LogP contribution in [0.15, 0.2) is 30.5 Å². The molecule has 6 N–H and O–H groups in total. The highest BCUT2D eigenvalue weighted by atomic mass is 16.5. The van der Waals surface area contributed by atoms with E-state index in [0.29, 0.717) is 23.5 Å². The Balaban J connectivity index is 1.81. The van der Waals surface area contributed by atoms with Crippen molar-refractivity contribution in [3.8, 4) is 5.75 Å². The molecule has 2 aromatic rings. The average Bonchev–Trinajstić information content (AvgIpc) is 3.09. The first-order chi connectivity index (χ1) is 11.2. The number of nitrogens with two attached hydrogens (primary N) is 2. The third-order valence-electron chi connectivity index (χ3n) is 3.77. The lowest BCUT2D eigenvalue weighted by Gasteiger charge is -2.20. The minimum atomic E-state index is 0.318. The van der Waals surface area contributed by atoms with Gasteiger partial charge in [0.05, 0.1) is 24.7 Å². The van der Waals surface area contributed by atoms with Crippen LogP contribution in [0.25, 0.3) is 0 Å². The lowest BCUT2D eigenvalue weighted by atomic mass is 10.3. The summed E-state index contributed by atoms with van der Waals surface area (Å²) in [6, 6.07) is 7.66. The SMILES string of the molecule is COc1ccc(N(N)c2nc(NC3CCNC3)ncc2N)cc1. The van der Waals surface area contributed by atoms with Gasteiger partial charge in [-0.3, -0.25) is 5.01 Å². The van der Waals surface area contributed by atoms with Gasteiger partial charge in [-0.05, 0) is 37.2 Å². The molecule has 3 rings (SSSR count). The van der Waals surface area contributed by atoms with Crippen LogP contribution in [0.5, 0.6) is 5.75 Å². The molecule has 1 fully saturated rings. The van der Waals surface area contributed by atoms with Gasteiger partial charge in [-0.2, -0.15) is 4.98 Å². The summed E-state index contributed by atoms with van der Waals surface area (Å²) in [4.78, 5) is 8.68. The van der Waals surface area contributed by atoms with E-state index in [1.165, 1.54) is 5.01 Å². The molecule has 1 aromatic carbocycles. The van der Waals surface area contributed by atoms with Crippen LogP contribution >= 0.6 is 0 Å². The maximum Gasteiger partial charge on any atom is 0.225 e. The Morgan fingerprint density at radius 3 is 2.78 bits per heavy atom. The van der Waals surface area contributed by atoms with Gasteiger partial charge in [0.15, 0.2) is 5.82 Å². The zero-order chi connectivity index (χ0) is 16.2. The molecule has 1 aliphatic heterocycles. The van der Waals surface area contributed by atoms with Crippen molar-refractivity contribution in [2.75, 3.05) is 36.3 Å². The quantitative estimate of drug-likeness (QED) is 0.474. The van der Waals surface area contributed by atoms with E-state index in [-0.39, 0.29) is 0 Å². The maximum atomic E-state index is 6.17. The van der Waals surface area contributed by atoms with E-state index in [2.05, 4.69) is 20.6 Å². The van der Waals surface area contributed by atoms with E-state index in [4.69, 9.17) is 16.3 Å². The molecule has 0 bridgehead atoms. The second-order valence-electron chi connectivity index (χ2n) is 5.37. The number of hydrazine groups is 1. The first kappa shape index (κ1) is 15.3. The molecule has 23 heavy (non-hydrogen) atoms. The van der Waals surface area contributed by atoms with Crippen LogP contribution in [0.2, 0.25) is 0 Å². The van der Waals surface area contributed by atoms with Crippen molar-refractivity contribution in [3.05, 3.63) is 30.5 Å². The molecule has 0 aliphatic carbocycles. The number of hydrogen-bond donors (Lipinski definition) is 4. The summed E-state index contributed by atoms with van der Waals surface area (Å²) in [5.41, 5.74) is 7.15. The summed E-state index contributed by atoms with van der Waals surface area (Å²) in [5.74, 6) is 7.90.